The van der Waals surface area contributed by atoms with Crippen LogP contribution in [0.4, 0.5) is 5.13 Å². The van der Waals surface area contributed by atoms with Crippen LogP contribution in [-0.4, -0.2) is 33.8 Å². The van der Waals surface area contributed by atoms with E-state index in [1.807, 2.05) is 36.0 Å². The van der Waals surface area contributed by atoms with Crippen molar-refractivity contribution in [1.29, 1.82) is 0 Å². The van der Waals surface area contributed by atoms with Crippen LogP contribution in [0.5, 0.6) is 0 Å². The van der Waals surface area contributed by atoms with Crippen molar-refractivity contribution in [2.24, 2.45) is 0 Å². The average molecular weight is 340 g/mol. The molecule has 3 nitrogen and oxygen atoms in total. The topological polar surface area (TPSA) is 29.0 Å². The van der Waals surface area contributed by atoms with Crippen LogP contribution in [0.25, 0.3) is 0 Å². The van der Waals surface area contributed by atoms with Gasteiger partial charge in [-0.25, -0.2) is 0 Å². The van der Waals surface area contributed by atoms with Crippen molar-refractivity contribution in [1.82, 2.24) is 10.2 Å². The molecular weight excluding hydrogens is 322 g/mol. The predicted octanol–water partition coefficient (Wildman–Crippen LogP) is 4.11. The van der Waals surface area contributed by atoms with Crippen LogP contribution in [0.15, 0.2) is 24.3 Å². The smallest absolute Gasteiger partial charge is 0.208 e. The van der Waals surface area contributed by atoms with Crippen molar-refractivity contribution in [3.05, 3.63) is 39.9 Å². The van der Waals surface area contributed by atoms with E-state index in [9.17, 15) is 0 Å². The Hall–Kier alpha value is -0.780. The van der Waals surface area contributed by atoms with E-state index in [4.69, 9.17) is 11.6 Å². The minimum absolute atomic E-state index is 0.514. The fourth-order valence-corrected chi connectivity index (χ4v) is 4.63. The molecule has 2 aromatic rings. The fourth-order valence-electron chi connectivity index (χ4n) is 2.41. The first-order valence-corrected chi connectivity index (χ1v) is 9.33. The van der Waals surface area contributed by atoms with Gasteiger partial charge in [0.15, 0.2) is 0 Å². The van der Waals surface area contributed by atoms with Gasteiger partial charge in [-0.3, -0.25) is 0 Å². The summed E-state index contributed by atoms with van der Waals surface area (Å²) in [6, 6.07) is 8.45. The molecule has 0 radical (unpaired) electrons. The molecule has 2 heterocycles. The summed E-state index contributed by atoms with van der Waals surface area (Å²) in [6.45, 7) is 5.62. The van der Waals surface area contributed by atoms with Crippen LogP contribution in [0.1, 0.15) is 24.4 Å². The molecule has 0 aliphatic carbocycles. The zero-order chi connectivity index (χ0) is 14.8. The largest absolute Gasteiger partial charge is 0.342 e. The van der Waals surface area contributed by atoms with Crippen molar-refractivity contribution in [3.63, 3.8) is 0 Å². The van der Waals surface area contributed by atoms with Crippen molar-refractivity contribution < 1.29 is 0 Å². The Bertz CT molecular complexity index is 599. The van der Waals surface area contributed by atoms with Crippen LogP contribution in [-0.2, 0) is 6.42 Å². The number of aromatic nitrogens is 2. The Kier molecular flexibility index (Phi) is 4.72. The standard InChI is InChI=1S/C15H18ClN3S2/c1-10-11(2)20-8-7-19(10)15-18-17-14(21-15)9-12-3-5-13(16)6-4-12/h3-6,10-11H,7-9H2,1-2H3. The first-order valence-electron chi connectivity index (χ1n) is 7.08. The molecule has 0 bridgehead atoms. The normalized spacial score (nSPS) is 22.5. The third-order valence-electron chi connectivity index (χ3n) is 3.85. The molecule has 2 atom stereocenters. The molecular formula is C15H18ClN3S2. The number of hydrogen-bond donors (Lipinski definition) is 0. The lowest BCUT2D eigenvalue weighted by atomic mass is 10.2. The maximum Gasteiger partial charge on any atom is 0.208 e. The van der Waals surface area contributed by atoms with Crippen LogP contribution in [0, 0.1) is 0 Å². The molecule has 1 aromatic heterocycles. The third-order valence-corrected chi connectivity index (χ3v) is 6.40. The van der Waals surface area contributed by atoms with Gasteiger partial charge in [-0.2, -0.15) is 11.8 Å². The first kappa shape index (κ1) is 15.1. The quantitative estimate of drug-likeness (QED) is 0.841. The van der Waals surface area contributed by atoms with Crippen LogP contribution >= 0.6 is 34.7 Å². The van der Waals surface area contributed by atoms with Gasteiger partial charge in [-0.05, 0) is 24.6 Å². The van der Waals surface area contributed by atoms with Gasteiger partial charge in [0.05, 0.1) is 0 Å². The molecule has 0 saturated carbocycles. The molecule has 6 heteroatoms. The highest BCUT2D eigenvalue weighted by Gasteiger charge is 2.27. The van der Waals surface area contributed by atoms with Gasteiger partial charge in [0.25, 0.3) is 0 Å². The molecule has 0 spiro atoms. The van der Waals surface area contributed by atoms with Crippen molar-refractivity contribution >= 4 is 39.8 Å². The fraction of sp³-hybridized carbons (Fsp3) is 0.467. The molecule has 1 aliphatic heterocycles. The maximum atomic E-state index is 5.92. The lowest BCUT2D eigenvalue weighted by Crippen LogP contribution is -2.44. The SMILES string of the molecule is CC1SCCN(c2nnc(Cc3ccc(Cl)cc3)s2)C1C. The lowest BCUT2D eigenvalue weighted by molar-refractivity contribution is 0.623. The van der Waals surface area contributed by atoms with Crippen LogP contribution in [0.2, 0.25) is 5.02 Å². The highest BCUT2D eigenvalue weighted by Crippen LogP contribution is 2.31. The van der Waals surface area contributed by atoms with Crippen LogP contribution < -0.4 is 4.90 Å². The Morgan fingerprint density at radius 3 is 2.76 bits per heavy atom. The van der Waals surface area contributed by atoms with Crippen molar-refractivity contribution in [2.75, 3.05) is 17.2 Å². The predicted molar refractivity (Wildman–Crippen MR) is 92.9 cm³/mol. The Morgan fingerprint density at radius 2 is 2.00 bits per heavy atom. The summed E-state index contributed by atoms with van der Waals surface area (Å²) in [5.74, 6) is 1.16. The first-order chi connectivity index (χ1) is 10.1. The maximum absolute atomic E-state index is 5.92. The third kappa shape index (κ3) is 3.52. The molecule has 1 aliphatic rings. The number of benzene rings is 1. The lowest BCUT2D eigenvalue weighted by Gasteiger charge is -2.36. The van der Waals surface area contributed by atoms with E-state index in [2.05, 4.69) is 28.9 Å². The number of thioether (sulfide) groups is 1. The summed E-state index contributed by atoms with van der Waals surface area (Å²) >= 11 is 9.66. The molecule has 0 N–H and O–H groups in total. The molecule has 1 saturated heterocycles. The monoisotopic (exact) mass is 339 g/mol. The second-order valence-electron chi connectivity index (χ2n) is 5.29. The summed E-state index contributed by atoms with van der Waals surface area (Å²) < 4.78 is 0. The molecule has 3 rings (SSSR count). The van der Waals surface area contributed by atoms with Crippen molar-refractivity contribution in [3.8, 4) is 0 Å². The Labute approximate surface area is 138 Å². The second-order valence-corrected chi connectivity index (χ2v) is 8.25. The summed E-state index contributed by atoms with van der Waals surface area (Å²) in [5.41, 5.74) is 1.22. The van der Waals surface area contributed by atoms with Gasteiger partial charge in [-0.1, -0.05) is 42.0 Å². The van der Waals surface area contributed by atoms with Crippen LogP contribution in [0.3, 0.4) is 0 Å². The van der Waals surface area contributed by atoms with Gasteiger partial charge in [0, 0.05) is 35.0 Å². The zero-order valence-electron chi connectivity index (χ0n) is 12.1. The molecule has 112 valence electrons. The van der Waals surface area contributed by atoms with E-state index in [1.165, 1.54) is 5.56 Å². The average Bonchev–Trinajstić information content (AvgIpc) is 2.93. The van der Waals surface area contributed by atoms with Gasteiger partial charge < -0.3 is 4.90 Å². The summed E-state index contributed by atoms with van der Waals surface area (Å²) in [5, 5.41) is 12.3. The number of hydrogen-bond acceptors (Lipinski definition) is 5. The van der Waals surface area contributed by atoms with E-state index in [0.29, 0.717) is 11.3 Å². The molecule has 0 amide bonds. The van der Waals surface area contributed by atoms with E-state index < -0.39 is 0 Å². The minimum atomic E-state index is 0.514. The second kappa shape index (κ2) is 6.55. The van der Waals surface area contributed by atoms with E-state index >= 15 is 0 Å². The number of anilines is 1. The molecule has 1 aromatic carbocycles. The zero-order valence-corrected chi connectivity index (χ0v) is 14.5. The summed E-state index contributed by atoms with van der Waals surface area (Å²) in [7, 11) is 0. The minimum Gasteiger partial charge on any atom is -0.342 e. The van der Waals surface area contributed by atoms with E-state index in [-0.39, 0.29) is 0 Å². The van der Waals surface area contributed by atoms with Gasteiger partial charge in [-0.15, -0.1) is 10.2 Å². The van der Waals surface area contributed by atoms with Gasteiger partial charge in [0.2, 0.25) is 5.13 Å². The summed E-state index contributed by atoms with van der Waals surface area (Å²) in [6.07, 6.45) is 0.821. The summed E-state index contributed by atoms with van der Waals surface area (Å²) in [4.78, 5) is 2.39. The van der Waals surface area contributed by atoms with Crippen molar-refractivity contribution in [2.45, 2.75) is 31.6 Å². The van der Waals surface area contributed by atoms with Gasteiger partial charge >= 0.3 is 0 Å². The Morgan fingerprint density at radius 1 is 1.24 bits per heavy atom. The molecule has 1 fully saturated rings. The highest BCUT2D eigenvalue weighted by molar-refractivity contribution is 8.00. The highest BCUT2D eigenvalue weighted by atomic mass is 35.5. The van der Waals surface area contributed by atoms with Gasteiger partial charge in [0.1, 0.15) is 5.01 Å². The molecule has 21 heavy (non-hydrogen) atoms. The van der Waals surface area contributed by atoms with E-state index in [1.54, 1.807) is 11.3 Å². The number of nitrogens with zero attached hydrogens (tertiary/aromatic N) is 3. The number of halogens is 1. The van der Waals surface area contributed by atoms with E-state index in [0.717, 1.165) is 33.9 Å². The molecule has 2 unspecified atom stereocenters. The number of rotatable bonds is 3. The Balaban J connectivity index is 1.72.